The van der Waals surface area contributed by atoms with Crippen LogP contribution in [0.2, 0.25) is 0 Å². The molecule has 0 unspecified atom stereocenters. The van der Waals surface area contributed by atoms with Crippen LogP contribution in [-0.4, -0.2) is 64.4 Å². The van der Waals surface area contributed by atoms with Gasteiger partial charge in [0, 0.05) is 37.4 Å². The van der Waals surface area contributed by atoms with Crippen LogP contribution in [0, 0.1) is 5.92 Å². The Labute approximate surface area is 197 Å². The second kappa shape index (κ2) is 9.69. The average Bonchev–Trinajstić information content (AvgIpc) is 3.50. The van der Waals surface area contributed by atoms with Crippen molar-refractivity contribution in [3.63, 3.8) is 0 Å². The zero-order chi connectivity index (χ0) is 24.3. The van der Waals surface area contributed by atoms with Gasteiger partial charge in [-0.1, -0.05) is 13.8 Å². The summed E-state index contributed by atoms with van der Waals surface area (Å²) in [5, 5.41) is 13.8. The molecule has 12 heteroatoms. The van der Waals surface area contributed by atoms with Gasteiger partial charge in [-0.25, -0.2) is 13.1 Å². The second-order valence-electron chi connectivity index (χ2n) is 7.78. The molecule has 1 fully saturated rings. The van der Waals surface area contributed by atoms with Gasteiger partial charge >= 0.3 is 0 Å². The van der Waals surface area contributed by atoms with Crippen molar-refractivity contribution in [2.24, 2.45) is 5.92 Å². The van der Waals surface area contributed by atoms with Crippen LogP contribution in [0.25, 0.3) is 5.69 Å². The maximum atomic E-state index is 12.8. The van der Waals surface area contributed by atoms with Gasteiger partial charge in [0.05, 0.1) is 16.5 Å². The number of nitrogens with zero attached hydrogens (tertiary/aromatic N) is 6. The van der Waals surface area contributed by atoms with E-state index in [4.69, 9.17) is 0 Å². The van der Waals surface area contributed by atoms with Crippen molar-refractivity contribution >= 4 is 33.2 Å². The summed E-state index contributed by atoms with van der Waals surface area (Å²) >= 11 is 0. The van der Waals surface area contributed by atoms with Gasteiger partial charge in [-0.05, 0) is 59.0 Å². The molecule has 1 aromatic heterocycles. The number of amides is 2. The van der Waals surface area contributed by atoms with Crippen LogP contribution in [0.3, 0.4) is 0 Å². The number of rotatable bonds is 8. The number of benzene rings is 2. The maximum Gasteiger partial charge on any atom is 0.243 e. The Kier molecular flexibility index (Phi) is 6.70. The number of nitrogens with one attached hydrogen (secondary N) is 1. The highest BCUT2D eigenvalue weighted by molar-refractivity contribution is 7.89. The molecule has 3 aromatic rings. The van der Waals surface area contributed by atoms with E-state index in [-0.39, 0.29) is 29.7 Å². The maximum absolute atomic E-state index is 12.8. The predicted molar refractivity (Wildman–Crippen MR) is 125 cm³/mol. The van der Waals surface area contributed by atoms with Crippen LogP contribution >= 0.6 is 0 Å². The summed E-state index contributed by atoms with van der Waals surface area (Å²) < 4.78 is 28.2. The summed E-state index contributed by atoms with van der Waals surface area (Å²) in [5.74, 6) is -0.967. The fourth-order valence-corrected chi connectivity index (χ4v) is 5.32. The van der Waals surface area contributed by atoms with Crippen LogP contribution in [0.4, 0.5) is 11.4 Å². The van der Waals surface area contributed by atoms with E-state index in [1.165, 1.54) is 32.3 Å². The van der Waals surface area contributed by atoms with E-state index in [0.29, 0.717) is 24.5 Å². The Bertz CT molecular complexity index is 1260. The number of hydrogen-bond acceptors (Lipinski definition) is 7. The van der Waals surface area contributed by atoms with E-state index in [9.17, 15) is 18.0 Å². The Balaban J connectivity index is 1.41. The molecule has 2 amide bonds. The molecule has 1 aliphatic heterocycles. The third-order valence-corrected chi connectivity index (χ3v) is 7.80. The van der Waals surface area contributed by atoms with Crippen LogP contribution in [0.1, 0.15) is 20.3 Å². The fourth-order valence-electron chi connectivity index (χ4n) is 3.86. The molecule has 1 aliphatic rings. The first-order valence-corrected chi connectivity index (χ1v) is 12.3. The molecule has 0 bridgehead atoms. The highest BCUT2D eigenvalue weighted by Gasteiger charge is 2.35. The highest BCUT2D eigenvalue weighted by Crippen LogP contribution is 2.28. The lowest BCUT2D eigenvalue weighted by molar-refractivity contribution is -0.122. The minimum atomic E-state index is -3.58. The summed E-state index contributed by atoms with van der Waals surface area (Å²) in [4.78, 5) is 27.0. The van der Waals surface area contributed by atoms with Crippen LogP contribution in [0.5, 0.6) is 0 Å². The lowest BCUT2D eigenvalue weighted by Gasteiger charge is -2.20. The van der Waals surface area contributed by atoms with Crippen LogP contribution < -0.4 is 10.2 Å². The molecule has 11 nitrogen and oxygen atoms in total. The highest BCUT2D eigenvalue weighted by atomic mass is 32.2. The summed E-state index contributed by atoms with van der Waals surface area (Å²) in [7, 11) is -3.58. The number of hydrogen-bond donors (Lipinski definition) is 1. The Morgan fingerprint density at radius 2 is 1.71 bits per heavy atom. The second-order valence-corrected chi connectivity index (χ2v) is 9.72. The van der Waals surface area contributed by atoms with Crippen molar-refractivity contribution in [3.8, 4) is 5.69 Å². The number of sulfonamides is 1. The fraction of sp³-hybridized carbons (Fsp3) is 0.318. The van der Waals surface area contributed by atoms with E-state index < -0.39 is 15.9 Å². The molecule has 0 radical (unpaired) electrons. The molecular formula is C22H25N7O4S. The molecule has 2 aromatic carbocycles. The molecule has 0 aliphatic carbocycles. The zero-order valence-corrected chi connectivity index (χ0v) is 19.6. The number of carbonyl (C=O) groups is 2. The number of tetrazole rings is 1. The minimum absolute atomic E-state index is 0.0774. The molecule has 178 valence electrons. The van der Waals surface area contributed by atoms with Crippen LogP contribution in [-0.2, 0) is 19.6 Å². The quantitative estimate of drug-likeness (QED) is 0.516. The Morgan fingerprint density at radius 1 is 1.06 bits per heavy atom. The van der Waals surface area contributed by atoms with Crippen molar-refractivity contribution in [2.75, 3.05) is 29.9 Å². The van der Waals surface area contributed by atoms with Gasteiger partial charge in [-0.15, -0.1) is 5.10 Å². The van der Waals surface area contributed by atoms with E-state index >= 15 is 0 Å². The molecule has 0 spiro atoms. The van der Waals surface area contributed by atoms with Gasteiger partial charge in [-0.2, -0.15) is 4.31 Å². The molecule has 1 atom stereocenters. The van der Waals surface area contributed by atoms with E-state index in [0.717, 1.165) is 5.69 Å². The summed E-state index contributed by atoms with van der Waals surface area (Å²) in [6.07, 6.45) is 1.55. The number of carbonyl (C=O) groups excluding carboxylic acids is 2. The molecule has 1 N–H and O–H groups in total. The van der Waals surface area contributed by atoms with Gasteiger partial charge in [-0.3, -0.25) is 9.59 Å². The third kappa shape index (κ3) is 4.68. The summed E-state index contributed by atoms with van der Waals surface area (Å²) in [6.45, 7) is 4.54. The van der Waals surface area contributed by atoms with Crippen molar-refractivity contribution in [2.45, 2.75) is 25.2 Å². The standard InChI is InChI=1S/C22H25N7O4S/c1-3-27(4-2)34(32,33)20-11-9-18(10-12-20)28-14-16(13-21(28)30)22(31)24-17-5-7-19(8-6-17)29-15-23-25-26-29/h5-12,15-16H,3-4,13-14H2,1-2H3,(H,24,31)/t16-/m0/s1. The first-order valence-electron chi connectivity index (χ1n) is 10.9. The van der Waals surface area contributed by atoms with Crippen molar-refractivity contribution in [1.29, 1.82) is 0 Å². The SMILES string of the molecule is CCN(CC)S(=O)(=O)c1ccc(N2C[C@@H](C(=O)Nc3ccc(-n4cnnn4)cc3)CC2=O)cc1. The Hall–Kier alpha value is -3.64. The molecule has 2 heterocycles. The number of aromatic nitrogens is 4. The van der Waals surface area contributed by atoms with E-state index in [1.807, 2.05) is 0 Å². The summed E-state index contributed by atoms with van der Waals surface area (Å²) in [6, 6.07) is 13.2. The average molecular weight is 484 g/mol. The van der Waals surface area contributed by atoms with Crippen molar-refractivity contribution < 1.29 is 18.0 Å². The smallest absolute Gasteiger partial charge is 0.243 e. The Morgan fingerprint density at radius 3 is 2.29 bits per heavy atom. The number of anilines is 2. The first-order chi connectivity index (χ1) is 16.3. The molecule has 0 saturated carbocycles. The summed E-state index contributed by atoms with van der Waals surface area (Å²) in [5.41, 5.74) is 1.90. The molecular weight excluding hydrogens is 458 g/mol. The van der Waals surface area contributed by atoms with E-state index in [1.54, 1.807) is 50.2 Å². The largest absolute Gasteiger partial charge is 0.326 e. The van der Waals surface area contributed by atoms with Gasteiger partial charge in [0.1, 0.15) is 6.33 Å². The predicted octanol–water partition coefficient (Wildman–Crippen LogP) is 1.68. The normalized spacial score (nSPS) is 16.3. The molecule has 1 saturated heterocycles. The van der Waals surface area contributed by atoms with Crippen LogP contribution in [0.15, 0.2) is 59.8 Å². The van der Waals surface area contributed by atoms with Crippen molar-refractivity contribution in [3.05, 3.63) is 54.9 Å². The lowest BCUT2D eigenvalue weighted by Crippen LogP contribution is -2.31. The van der Waals surface area contributed by atoms with E-state index in [2.05, 4.69) is 20.8 Å². The van der Waals surface area contributed by atoms with Gasteiger partial charge in [0.25, 0.3) is 0 Å². The topological polar surface area (TPSA) is 130 Å². The third-order valence-electron chi connectivity index (χ3n) is 5.74. The minimum Gasteiger partial charge on any atom is -0.326 e. The van der Waals surface area contributed by atoms with Crippen molar-refractivity contribution in [1.82, 2.24) is 24.5 Å². The lowest BCUT2D eigenvalue weighted by atomic mass is 10.1. The monoisotopic (exact) mass is 483 g/mol. The molecule has 4 rings (SSSR count). The van der Waals surface area contributed by atoms with Gasteiger partial charge in [0.2, 0.25) is 21.8 Å². The zero-order valence-electron chi connectivity index (χ0n) is 18.8. The molecule has 34 heavy (non-hydrogen) atoms. The van der Waals surface area contributed by atoms with Gasteiger partial charge < -0.3 is 10.2 Å². The first kappa shape index (κ1) is 23.5. The van der Waals surface area contributed by atoms with Gasteiger partial charge in [0.15, 0.2) is 0 Å².